The molecule has 3 aromatic rings. The van der Waals surface area contributed by atoms with Gasteiger partial charge in [-0.3, -0.25) is 4.79 Å². The number of alkyl halides is 2. The van der Waals surface area contributed by atoms with Gasteiger partial charge in [-0.15, -0.1) is 11.3 Å². The van der Waals surface area contributed by atoms with Gasteiger partial charge >= 0.3 is 6.61 Å². The third-order valence-corrected chi connectivity index (χ3v) is 5.37. The Kier molecular flexibility index (Phi) is 5.20. The quantitative estimate of drug-likeness (QED) is 0.620. The lowest BCUT2D eigenvalue weighted by atomic mass is 10.1. The van der Waals surface area contributed by atoms with Crippen molar-refractivity contribution in [3.63, 3.8) is 0 Å². The number of amides is 1. The predicted octanol–water partition coefficient (Wildman–Crippen LogP) is 5.65. The number of hydrogen-bond donors (Lipinski definition) is 1. The van der Waals surface area contributed by atoms with E-state index in [0.717, 1.165) is 15.6 Å². The van der Waals surface area contributed by atoms with Crippen molar-refractivity contribution in [2.45, 2.75) is 19.6 Å². The predicted molar refractivity (Wildman–Crippen MR) is 95.8 cm³/mol. The van der Waals surface area contributed by atoms with Gasteiger partial charge in [0.05, 0.1) is 11.1 Å². The lowest BCUT2D eigenvalue weighted by Gasteiger charge is -2.14. The molecule has 1 aromatic heterocycles. The molecule has 0 saturated carbocycles. The Balaban J connectivity index is 1.74. The zero-order chi connectivity index (χ0) is 18.0. The molecule has 3 rings (SSSR count). The molecule has 1 N–H and O–H groups in total. The first kappa shape index (κ1) is 17.6. The summed E-state index contributed by atoms with van der Waals surface area (Å²) in [7, 11) is 0. The highest BCUT2D eigenvalue weighted by atomic mass is 35.5. The third kappa shape index (κ3) is 3.91. The summed E-state index contributed by atoms with van der Waals surface area (Å²) in [5.74, 6) is -0.198. The lowest BCUT2D eigenvalue weighted by Crippen LogP contribution is -2.26. The van der Waals surface area contributed by atoms with Crippen LogP contribution in [0, 0.1) is 0 Å². The maximum atomic E-state index is 12.5. The third-order valence-electron chi connectivity index (χ3n) is 3.69. The highest BCUT2D eigenvalue weighted by molar-refractivity contribution is 7.21. The van der Waals surface area contributed by atoms with E-state index < -0.39 is 6.61 Å². The molecule has 1 amide bonds. The number of benzene rings is 2. The molecule has 0 spiro atoms. The minimum Gasteiger partial charge on any atom is -0.435 e. The van der Waals surface area contributed by atoms with E-state index in [1.165, 1.54) is 23.5 Å². The summed E-state index contributed by atoms with van der Waals surface area (Å²) in [5, 5.41) is 4.16. The number of thiophene rings is 1. The monoisotopic (exact) mass is 381 g/mol. The molecule has 0 saturated heterocycles. The second-order valence-electron chi connectivity index (χ2n) is 5.38. The van der Waals surface area contributed by atoms with Crippen molar-refractivity contribution in [1.29, 1.82) is 0 Å². The van der Waals surface area contributed by atoms with E-state index in [1.807, 2.05) is 31.2 Å². The SMILES string of the molecule is CC(NC(=O)c1sc2ccccc2c1Cl)c1ccc(OC(F)F)cc1. The van der Waals surface area contributed by atoms with Crippen LogP contribution in [0.25, 0.3) is 10.1 Å². The fourth-order valence-corrected chi connectivity index (χ4v) is 3.86. The molecule has 0 radical (unpaired) electrons. The van der Waals surface area contributed by atoms with Crippen molar-refractivity contribution >= 4 is 38.9 Å². The number of ether oxygens (including phenoxy) is 1. The lowest BCUT2D eigenvalue weighted by molar-refractivity contribution is -0.0498. The van der Waals surface area contributed by atoms with Crippen molar-refractivity contribution in [3.8, 4) is 5.75 Å². The van der Waals surface area contributed by atoms with Crippen LogP contribution in [0.4, 0.5) is 8.78 Å². The average molecular weight is 382 g/mol. The van der Waals surface area contributed by atoms with Gasteiger partial charge in [0.25, 0.3) is 5.91 Å². The van der Waals surface area contributed by atoms with E-state index in [4.69, 9.17) is 11.6 Å². The van der Waals surface area contributed by atoms with E-state index in [9.17, 15) is 13.6 Å². The van der Waals surface area contributed by atoms with E-state index in [2.05, 4.69) is 10.1 Å². The smallest absolute Gasteiger partial charge is 0.387 e. The van der Waals surface area contributed by atoms with Crippen molar-refractivity contribution in [2.75, 3.05) is 0 Å². The van der Waals surface area contributed by atoms with Crippen molar-refractivity contribution in [1.82, 2.24) is 5.32 Å². The molecule has 25 heavy (non-hydrogen) atoms. The Morgan fingerprint density at radius 3 is 2.48 bits per heavy atom. The van der Waals surface area contributed by atoms with Gasteiger partial charge in [-0.2, -0.15) is 8.78 Å². The number of fused-ring (bicyclic) bond motifs is 1. The van der Waals surface area contributed by atoms with Crippen LogP contribution in [0.2, 0.25) is 5.02 Å². The summed E-state index contributed by atoms with van der Waals surface area (Å²) < 4.78 is 29.6. The first-order valence-electron chi connectivity index (χ1n) is 7.48. The van der Waals surface area contributed by atoms with Gasteiger partial charge in [-0.05, 0) is 30.7 Å². The zero-order valence-electron chi connectivity index (χ0n) is 13.1. The van der Waals surface area contributed by atoms with E-state index in [1.54, 1.807) is 12.1 Å². The maximum absolute atomic E-state index is 12.5. The molecule has 0 fully saturated rings. The van der Waals surface area contributed by atoms with Crippen LogP contribution in [-0.2, 0) is 0 Å². The molecule has 3 nitrogen and oxygen atoms in total. The van der Waals surface area contributed by atoms with E-state index >= 15 is 0 Å². The Morgan fingerprint density at radius 1 is 1.16 bits per heavy atom. The van der Waals surface area contributed by atoms with Crippen LogP contribution >= 0.6 is 22.9 Å². The Hall–Kier alpha value is -2.18. The highest BCUT2D eigenvalue weighted by Gasteiger charge is 2.19. The fourth-order valence-electron chi connectivity index (χ4n) is 2.44. The fraction of sp³-hybridized carbons (Fsp3) is 0.167. The number of carbonyl (C=O) groups excluding carboxylic acids is 1. The number of rotatable bonds is 5. The normalized spacial score (nSPS) is 12.4. The molecular formula is C18H14ClF2NO2S. The zero-order valence-corrected chi connectivity index (χ0v) is 14.7. The second kappa shape index (κ2) is 7.37. The maximum Gasteiger partial charge on any atom is 0.387 e. The number of halogens is 3. The van der Waals surface area contributed by atoms with Gasteiger partial charge in [-0.1, -0.05) is 41.9 Å². The highest BCUT2D eigenvalue weighted by Crippen LogP contribution is 2.35. The molecular weight excluding hydrogens is 368 g/mol. The van der Waals surface area contributed by atoms with Crippen molar-refractivity contribution in [3.05, 3.63) is 64.0 Å². The van der Waals surface area contributed by atoms with Crippen LogP contribution < -0.4 is 10.1 Å². The molecule has 1 heterocycles. The number of hydrogen-bond acceptors (Lipinski definition) is 3. The van der Waals surface area contributed by atoms with Crippen LogP contribution in [0.15, 0.2) is 48.5 Å². The van der Waals surface area contributed by atoms with Crippen LogP contribution in [0.3, 0.4) is 0 Å². The Bertz CT molecular complexity index is 896. The van der Waals surface area contributed by atoms with Crippen LogP contribution in [-0.4, -0.2) is 12.5 Å². The summed E-state index contributed by atoms with van der Waals surface area (Å²) in [4.78, 5) is 13.0. The van der Waals surface area contributed by atoms with Gasteiger partial charge in [0.15, 0.2) is 0 Å². The van der Waals surface area contributed by atoms with Gasteiger partial charge in [0.1, 0.15) is 10.6 Å². The Labute approximate surface area is 152 Å². The van der Waals surface area contributed by atoms with Gasteiger partial charge in [0, 0.05) is 10.1 Å². The molecule has 0 aliphatic heterocycles. The summed E-state index contributed by atoms with van der Waals surface area (Å²) in [6.45, 7) is -1.06. The molecule has 7 heteroatoms. The van der Waals surface area contributed by atoms with Crippen molar-refractivity contribution in [2.24, 2.45) is 0 Å². The van der Waals surface area contributed by atoms with Crippen LogP contribution in [0.1, 0.15) is 28.2 Å². The molecule has 0 aliphatic carbocycles. The molecule has 0 aliphatic rings. The molecule has 0 bridgehead atoms. The van der Waals surface area contributed by atoms with Gasteiger partial charge < -0.3 is 10.1 Å². The molecule has 1 atom stereocenters. The number of nitrogens with one attached hydrogen (secondary N) is 1. The first-order valence-corrected chi connectivity index (χ1v) is 8.68. The molecule has 130 valence electrons. The second-order valence-corrected chi connectivity index (χ2v) is 6.81. The average Bonchev–Trinajstić information content (AvgIpc) is 2.92. The van der Waals surface area contributed by atoms with Gasteiger partial charge in [0.2, 0.25) is 0 Å². The summed E-state index contributed by atoms with van der Waals surface area (Å²) in [6.07, 6.45) is 0. The minimum absolute atomic E-state index is 0.0739. The molecule has 2 aromatic carbocycles. The van der Waals surface area contributed by atoms with E-state index in [0.29, 0.717) is 9.90 Å². The summed E-state index contributed by atoms with van der Waals surface area (Å²) in [5.41, 5.74) is 0.771. The Morgan fingerprint density at radius 2 is 1.84 bits per heavy atom. The topological polar surface area (TPSA) is 38.3 Å². The van der Waals surface area contributed by atoms with Crippen LogP contribution in [0.5, 0.6) is 5.75 Å². The summed E-state index contributed by atoms with van der Waals surface area (Å²) >= 11 is 7.64. The number of carbonyl (C=O) groups is 1. The van der Waals surface area contributed by atoms with E-state index in [-0.39, 0.29) is 17.7 Å². The van der Waals surface area contributed by atoms with Gasteiger partial charge in [-0.25, -0.2) is 0 Å². The van der Waals surface area contributed by atoms with Crippen molar-refractivity contribution < 1.29 is 18.3 Å². The standard InChI is InChI=1S/C18H14ClF2NO2S/c1-10(11-6-8-12(9-7-11)24-18(20)21)22-17(23)16-15(19)13-4-2-3-5-14(13)25-16/h2-10,18H,1H3,(H,22,23). The first-order chi connectivity index (χ1) is 12.0. The summed E-state index contributed by atoms with van der Waals surface area (Å²) in [6, 6.07) is 13.4. The minimum atomic E-state index is -2.86. The largest absolute Gasteiger partial charge is 0.435 e. The molecule has 1 unspecified atom stereocenters.